The molecule has 0 spiro atoms. The van der Waals surface area contributed by atoms with E-state index in [4.69, 9.17) is 0 Å². The highest BCUT2D eigenvalue weighted by Crippen LogP contribution is 2.32. The minimum atomic E-state index is 0.367. The van der Waals surface area contributed by atoms with Crippen LogP contribution in [0.3, 0.4) is 0 Å². The van der Waals surface area contributed by atoms with Crippen molar-refractivity contribution in [2.75, 3.05) is 0 Å². The van der Waals surface area contributed by atoms with E-state index in [1.165, 1.54) is 27.5 Å². The van der Waals surface area contributed by atoms with Gasteiger partial charge in [-0.25, -0.2) is 0 Å². The summed E-state index contributed by atoms with van der Waals surface area (Å²) in [5.41, 5.74) is 4.04. The second kappa shape index (κ2) is 6.37. The van der Waals surface area contributed by atoms with Gasteiger partial charge in [0.05, 0.1) is 6.04 Å². The highest BCUT2D eigenvalue weighted by atomic mass is 15.1. The molecule has 3 aromatic carbocycles. The zero-order valence-corrected chi connectivity index (χ0v) is 13.7. The number of rotatable bonds is 4. The summed E-state index contributed by atoms with van der Waals surface area (Å²) in [6, 6.07) is 26.3. The molecule has 0 radical (unpaired) electrons. The molecular weight excluding hydrogens is 290 g/mol. The molecule has 0 bridgehead atoms. The van der Waals surface area contributed by atoms with Crippen LogP contribution in [0.1, 0.15) is 17.5 Å². The molecule has 1 heterocycles. The summed E-state index contributed by atoms with van der Waals surface area (Å²) in [6.45, 7) is 4.96. The third-order valence-electron chi connectivity index (χ3n) is 4.78. The Balaban J connectivity index is 1.64. The van der Waals surface area contributed by atoms with E-state index in [1.54, 1.807) is 0 Å². The largest absolute Gasteiger partial charge is 0.366 e. The van der Waals surface area contributed by atoms with E-state index < -0.39 is 0 Å². The average molecular weight is 311 g/mol. The maximum Gasteiger partial charge on any atom is 0.0509 e. The van der Waals surface area contributed by atoms with Crippen LogP contribution in [0.2, 0.25) is 0 Å². The van der Waals surface area contributed by atoms with Crippen molar-refractivity contribution in [3.63, 3.8) is 0 Å². The summed E-state index contributed by atoms with van der Waals surface area (Å²) in [5.74, 6) is 0. The molecule has 1 heteroatoms. The average Bonchev–Trinajstić information content (AvgIpc) is 3.05. The topological polar surface area (TPSA) is 3.24 Å². The molecule has 0 amide bonds. The van der Waals surface area contributed by atoms with Crippen molar-refractivity contribution in [1.29, 1.82) is 0 Å². The lowest BCUT2D eigenvalue weighted by molar-refractivity contribution is 0.337. The zero-order valence-electron chi connectivity index (χ0n) is 13.7. The van der Waals surface area contributed by atoms with Crippen molar-refractivity contribution in [3.8, 4) is 0 Å². The van der Waals surface area contributed by atoms with Crippen LogP contribution in [-0.2, 0) is 6.54 Å². The van der Waals surface area contributed by atoms with Gasteiger partial charge in [0.15, 0.2) is 0 Å². The summed E-state index contributed by atoms with van der Waals surface area (Å²) >= 11 is 0. The van der Waals surface area contributed by atoms with Crippen molar-refractivity contribution < 1.29 is 0 Å². The summed E-state index contributed by atoms with van der Waals surface area (Å²) in [4.78, 5) is 2.40. The Bertz CT molecular complexity index is 892. The second-order valence-corrected chi connectivity index (χ2v) is 6.38. The highest BCUT2D eigenvalue weighted by Gasteiger charge is 2.22. The number of benzene rings is 3. The van der Waals surface area contributed by atoms with Gasteiger partial charge < -0.3 is 4.90 Å². The Labute approximate surface area is 143 Å². The van der Waals surface area contributed by atoms with Crippen LogP contribution in [0.5, 0.6) is 0 Å². The Morgan fingerprint density at radius 1 is 0.917 bits per heavy atom. The van der Waals surface area contributed by atoms with Gasteiger partial charge in [-0.2, -0.15) is 0 Å². The third kappa shape index (κ3) is 2.85. The van der Waals surface area contributed by atoms with Crippen LogP contribution in [0.4, 0.5) is 0 Å². The van der Waals surface area contributed by atoms with Crippen molar-refractivity contribution in [3.05, 3.63) is 103 Å². The molecule has 24 heavy (non-hydrogen) atoms. The van der Waals surface area contributed by atoms with Crippen LogP contribution in [-0.4, -0.2) is 10.9 Å². The van der Waals surface area contributed by atoms with Crippen LogP contribution in [0, 0.1) is 0 Å². The number of hydrogen-bond donors (Lipinski definition) is 0. The fourth-order valence-corrected chi connectivity index (χ4v) is 3.45. The molecule has 0 unspecified atom stereocenters. The molecular formula is C23H21N. The summed E-state index contributed by atoms with van der Waals surface area (Å²) in [6.07, 6.45) is 5.39. The zero-order chi connectivity index (χ0) is 16.4. The normalized spacial score (nSPS) is 17.1. The minimum absolute atomic E-state index is 0.367. The fraction of sp³-hybridized carbons (Fsp3) is 0.130. The number of hydrogen-bond acceptors (Lipinski definition) is 1. The second-order valence-electron chi connectivity index (χ2n) is 6.38. The van der Waals surface area contributed by atoms with Gasteiger partial charge in [-0.15, -0.1) is 6.58 Å². The summed E-state index contributed by atoms with van der Waals surface area (Å²) in [5, 5.41) is 2.59. The minimum Gasteiger partial charge on any atom is -0.366 e. The molecule has 1 nitrogen and oxygen atoms in total. The fourth-order valence-electron chi connectivity index (χ4n) is 3.45. The van der Waals surface area contributed by atoms with Crippen molar-refractivity contribution in [2.24, 2.45) is 0 Å². The molecule has 0 fully saturated rings. The Kier molecular flexibility index (Phi) is 3.92. The molecule has 0 saturated heterocycles. The molecule has 118 valence electrons. The number of fused-ring (bicyclic) bond motifs is 1. The summed E-state index contributed by atoms with van der Waals surface area (Å²) in [7, 11) is 0. The SMILES string of the molecule is C=C[C@H]1CC(c2ccc3ccccc3c2)=CN1Cc1ccccc1. The lowest BCUT2D eigenvalue weighted by Gasteiger charge is -2.22. The van der Waals surface area contributed by atoms with E-state index in [1.807, 2.05) is 0 Å². The van der Waals surface area contributed by atoms with Gasteiger partial charge in [-0.3, -0.25) is 0 Å². The van der Waals surface area contributed by atoms with Crippen LogP contribution >= 0.6 is 0 Å². The van der Waals surface area contributed by atoms with Crippen molar-refractivity contribution in [2.45, 2.75) is 19.0 Å². The molecule has 3 aromatic rings. The molecule has 1 aliphatic rings. The molecule has 0 aliphatic carbocycles. The number of nitrogens with zero attached hydrogens (tertiary/aromatic N) is 1. The van der Waals surface area contributed by atoms with Crippen molar-refractivity contribution >= 4 is 16.3 Å². The Morgan fingerprint density at radius 2 is 1.67 bits per heavy atom. The van der Waals surface area contributed by atoms with E-state index in [0.717, 1.165) is 13.0 Å². The monoisotopic (exact) mass is 311 g/mol. The first-order valence-corrected chi connectivity index (χ1v) is 8.45. The van der Waals surface area contributed by atoms with Gasteiger partial charge in [-0.05, 0) is 40.0 Å². The lowest BCUT2D eigenvalue weighted by Crippen LogP contribution is -2.23. The van der Waals surface area contributed by atoms with Gasteiger partial charge in [0.25, 0.3) is 0 Å². The van der Waals surface area contributed by atoms with Gasteiger partial charge >= 0.3 is 0 Å². The first kappa shape index (κ1) is 14.8. The maximum atomic E-state index is 4.04. The van der Waals surface area contributed by atoms with E-state index in [-0.39, 0.29) is 0 Å². The van der Waals surface area contributed by atoms with Gasteiger partial charge in [0, 0.05) is 12.7 Å². The smallest absolute Gasteiger partial charge is 0.0509 e. The first-order valence-electron chi connectivity index (χ1n) is 8.45. The lowest BCUT2D eigenvalue weighted by atomic mass is 9.99. The van der Waals surface area contributed by atoms with E-state index in [2.05, 4.69) is 96.6 Å². The molecule has 4 rings (SSSR count). The van der Waals surface area contributed by atoms with Crippen molar-refractivity contribution in [1.82, 2.24) is 4.90 Å². The third-order valence-corrected chi connectivity index (χ3v) is 4.78. The van der Waals surface area contributed by atoms with E-state index in [0.29, 0.717) is 6.04 Å². The summed E-state index contributed by atoms with van der Waals surface area (Å²) < 4.78 is 0. The van der Waals surface area contributed by atoms with Gasteiger partial charge in [0.1, 0.15) is 0 Å². The van der Waals surface area contributed by atoms with Gasteiger partial charge in [-0.1, -0.05) is 72.8 Å². The highest BCUT2D eigenvalue weighted by molar-refractivity contribution is 5.86. The predicted octanol–water partition coefficient (Wildman–Crippen LogP) is 5.64. The van der Waals surface area contributed by atoms with Crippen LogP contribution in [0.15, 0.2) is 91.7 Å². The quantitative estimate of drug-likeness (QED) is 0.563. The Morgan fingerprint density at radius 3 is 2.46 bits per heavy atom. The van der Waals surface area contributed by atoms with E-state index >= 15 is 0 Å². The molecule has 1 aliphatic heterocycles. The maximum absolute atomic E-state index is 4.04. The molecule has 1 atom stereocenters. The molecule has 0 N–H and O–H groups in total. The van der Waals surface area contributed by atoms with Crippen LogP contribution < -0.4 is 0 Å². The molecule has 0 aromatic heterocycles. The standard InChI is InChI=1S/C23H21N/c1-2-23-15-22(17-24(23)16-18-8-4-3-5-9-18)21-13-12-19-10-6-7-11-20(19)14-21/h2-14,17,23H,1,15-16H2/t23-/m0/s1. The molecule has 0 saturated carbocycles. The Hall–Kier alpha value is -2.80. The first-order chi connectivity index (χ1) is 11.8. The van der Waals surface area contributed by atoms with Crippen LogP contribution in [0.25, 0.3) is 16.3 Å². The predicted molar refractivity (Wildman–Crippen MR) is 103 cm³/mol. The van der Waals surface area contributed by atoms with Gasteiger partial charge in [0.2, 0.25) is 0 Å². The van der Waals surface area contributed by atoms with E-state index in [9.17, 15) is 0 Å².